The molecule has 2 aromatic heterocycles. The Kier molecular flexibility index (Phi) is 7.86. The number of benzene rings is 1. The van der Waals surface area contributed by atoms with Crippen LogP contribution in [0.2, 0.25) is 0 Å². The molecule has 0 aliphatic heterocycles. The van der Waals surface area contributed by atoms with Crippen molar-refractivity contribution in [3.8, 4) is 16.5 Å². The van der Waals surface area contributed by atoms with Crippen LogP contribution in [0.15, 0.2) is 28.9 Å². The van der Waals surface area contributed by atoms with Crippen LogP contribution in [0.1, 0.15) is 43.0 Å². The van der Waals surface area contributed by atoms with E-state index >= 15 is 0 Å². The Morgan fingerprint density at radius 2 is 2.12 bits per heavy atom. The minimum Gasteiger partial charge on any atom is -0.497 e. The SMILES string of the molecule is CCCN(CCCSc1nnc(-c2scnc2C)n1C)C1CCc2ccc(OC)cc2C1. The molecule has 0 saturated heterocycles. The summed E-state index contributed by atoms with van der Waals surface area (Å²) in [7, 11) is 3.80. The number of aryl methyl sites for hydroxylation is 2. The number of methoxy groups -OCH3 is 1. The Hall–Kier alpha value is -1.90. The lowest BCUT2D eigenvalue weighted by Crippen LogP contribution is -2.40. The molecule has 1 atom stereocenters. The second kappa shape index (κ2) is 10.8. The van der Waals surface area contributed by atoms with Crippen LogP contribution in [0.4, 0.5) is 0 Å². The van der Waals surface area contributed by atoms with E-state index in [2.05, 4.69) is 49.8 Å². The summed E-state index contributed by atoms with van der Waals surface area (Å²) in [6.07, 6.45) is 5.87. The lowest BCUT2D eigenvalue weighted by atomic mass is 9.87. The number of hydrogen-bond acceptors (Lipinski definition) is 7. The predicted molar refractivity (Wildman–Crippen MR) is 133 cm³/mol. The summed E-state index contributed by atoms with van der Waals surface area (Å²) in [5, 5.41) is 9.82. The number of hydrogen-bond donors (Lipinski definition) is 0. The average Bonchev–Trinajstić information content (AvgIpc) is 3.39. The number of aromatic nitrogens is 4. The highest BCUT2D eigenvalue weighted by Gasteiger charge is 2.24. The van der Waals surface area contributed by atoms with E-state index in [1.165, 1.54) is 24.0 Å². The number of nitrogens with zero attached hydrogens (tertiary/aromatic N) is 5. The molecule has 0 N–H and O–H groups in total. The molecule has 0 amide bonds. The third kappa shape index (κ3) is 5.18. The van der Waals surface area contributed by atoms with E-state index < -0.39 is 0 Å². The summed E-state index contributed by atoms with van der Waals surface area (Å²) in [6, 6.07) is 7.19. The van der Waals surface area contributed by atoms with Crippen LogP contribution in [0.3, 0.4) is 0 Å². The van der Waals surface area contributed by atoms with E-state index in [-0.39, 0.29) is 0 Å². The molecule has 32 heavy (non-hydrogen) atoms. The third-order valence-corrected chi connectivity index (χ3v) is 8.28. The lowest BCUT2D eigenvalue weighted by molar-refractivity contribution is 0.180. The Morgan fingerprint density at radius 3 is 2.88 bits per heavy atom. The van der Waals surface area contributed by atoms with Gasteiger partial charge in [0, 0.05) is 18.8 Å². The molecule has 2 heterocycles. The minimum absolute atomic E-state index is 0.621. The van der Waals surface area contributed by atoms with Crippen LogP contribution in [0, 0.1) is 6.92 Å². The molecule has 0 saturated carbocycles. The van der Waals surface area contributed by atoms with E-state index in [9.17, 15) is 0 Å². The van der Waals surface area contributed by atoms with Gasteiger partial charge in [0.15, 0.2) is 11.0 Å². The summed E-state index contributed by atoms with van der Waals surface area (Å²) in [6.45, 7) is 6.59. The number of ether oxygens (including phenoxy) is 1. The zero-order valence-electron chi connectivity index (χ0n) is 19.5. The molecule has 0 spiro atoms. The van der Waals surface area contributed by atoms with E-state index in [1.807, 2.05) is 19.5 Å². The van der Waals surface area contributed by atoms with Crippen molar-refractivity contribution >= 4 is 23.1 Å². The van der Waals surface area contributed by atoms with Gasteiger partial charge >= 0.3 is 0 Å². The fraction of sp³-hybridized carbons (Fsp3) is 0.542. The van der Waals surface area contributed by atoms with E-state index in [0.717, 1.165) is 65.4 Å². The van der Waals surface area contributed by atoms with Gasteiger partial charge in [0.05, 0.1) is 23.2 Å². The smallest absolute Gasteiger partial charge is 0.191 e. The fourth-order valence-corrected chi connectivity index (χ4v) is 6.16. The van der Waals surface area contributed by atoms with Crippen molar-refractivity contribution in [2.75, 3.05) is 26.0 Å². The Balaban J connectivity index is 1.32. The van der Waals surface area contributed by atoms with Gasteiger partial charge in [0.25, 0.3) is 0 Å². The van der Waals surface area contributed by atoms with E-state index in [1.54, 1.807) is 30.2 Å². The van der Waals surface area contributed by atoms with Crippen molar-refractivity contribution in [3.63, 3.8) is 0 Å². The average molecular weight is 472 g/mol. The maximum Gasteiger partial charge on any atom is 0.191 e. The van der Waals surface area contributed by atoms with Crippen molar-refractivity contribution in [2.24, 2.45) is 7.05 Å². The molecule has 0 fully saturated rings. The molecule has 3 aromatic rings. The third-order valence-electron chi connectivity index (χ3n) is 6.25. The van der Waals surface area contributed by atoms with E-state index in [4.69, 9.17) is 4.74 Å². The van der Waals surface area contributed by atoms with Gasteiger partial charge < -0.3 is 14.2 Å². The first kappa shape index (κ1) is 23.3. The van der Waals surface area contributed by atoms with Gasteiger partial charge in [-0.25, -0.2) is 4.98 Å². The first-order chi connectivity index (χ1) is 15.6. The summed E-state index contributed by atoms with van der Waals surface area (Å²) < 4.78 is 7.55. The summed E-state index contributed by atoms with van der Waals surface area (Å²) in [5.74, 6) is 2.93. The molecular weight excluding hydrogens is 438 g/mol. The van der Waals surface area contributed by atoms with Crippen LogP contribution in [-0.4, -0.2) is 56.6 Å². The lowest BCUT2D eigenvalue weighted by Gasteiger charge is -2.35. The molecule has 1 unspecified atom stereocenters. The van der Waals surface area contributed by atoms with Gasteiger partial charge in [-0.3, -0.25) is 0 Å². The Labute approximate surface area is 199 Å². The van der Waals surface area contributed by atoms with Crippen molar-refractivity contribution in [2.45, 2.75) is 57.1 Å². The Morgan fingerprint density at radius 1 is 1.25 bits per heavy atom. The van der Waals surface area contributed by atoms with Crippen LogP contribution in [-0.2, 0) is 19.9 Å². The second-order valence-electron chi connectivity index (χ2n) is 8.40. The normalized spacial score (nSPS) is 15.8. The molecule has 1 aliphatic rings. The predicted octanol–water partition coefficient (Wildman–Crippen LogP) is 5.01. The van der Waals surface area contributed by atoms with Crippen LogP contribution in [0.25, 0.3) is 10.7 Å². The minimum atomic E-state index is 0.621. The largest absolute Gasteiger partial charge is 0.497 e. The van der Waals surface area contributed by atoms with Gasteiger partial charge in [0.1, 0.15) is 5.75 Å². The van der Waals surface area contributed by atoms with Crippen LogP contribution >= 0.6 is 23.1 Å². The second-order valence-corrected chi connectivity index (χ2v) is 10.3. The van der Waals surface area contributed by atoms with Gasteiger partial charge in [-0.05, 0) is 75.4 Å². The van der Waals surface area contributed by atoms with Crippen molar-refractivity contribution in [3.05, 3.63) is 40.5 Å². The molecule has 0 bridgehead atoms. The van der Waals surface area contributed by atoms with Crippen molar-refractivity contribution in [1.82, 2.24) is 24.6 Å². The first-order valence-electron chi connectivity index (χ1n) is 11.4. The topological polar surface area (TPSA) is 56.1 Å². The molecule has 172 valence electrons. The van der Waals surface area contributed by atoms with Crippen LogP contribution in [0.5, 0.6) is 5.75 Å². The highest BCUT2D eigenvalue weighted by molar-refractivity contribution is 7.99. The molecule has 8 heteroatoms. The Bertz CT molecular complexity index is 1030. The molecule has 1 aromatic carbocycles. The maximum absolute atomic E-state index is 5.45. The quantitative estimate of drug-likeness (QED) is 0.306. The molecular formula is C24H33N5OS2. The number of thiazole rings is 1. The van der Waals surface area contributed by atoms with Gasteiger partial charge in [0.2, 0.25) is 0 Å². The number of rotatable bonds is 10. The maximum atomic E-state index is 5.45. The highest BCUT2D eigenvalue weighted by Crippen LogP contribution is 2.30. The monoisotopic (exact) mass is 471 g/mol. The molecule has 0 radical (unpaired) electrons. The van der Waals surface area contributed by atoms with Gasteiger partial charge in [-0.2, -0.15) is 0 Å². The summed E-state index contributed by atoms with van der Waals surface area (Å²) in [4.78, 5) is 8.15. The van der Waals surface area contributed by atoms with E-state index in [0.29, 0.717) is 6.04 Å². The fourth-order valence-electron chi connectivity index (χ4n) is 4.50. The van der Waals surface area contributed by atoms with Crippen LogP contribution < -0.4 is 4.74 Å². The summed E-state index contributed by atoms with van der Waals surface area (Å²) in [5.41, 5.74) is 5.84. The van der Waals surface area contributed by atoms with Crippen molar-refractivity contribution < 1.29 is 4.74 Å². The number of thioether (sulfide) groups is 1. The highest BCUT2D eigenvalue weighted by atomic mass is 32.2. The number of fused-ring (bicyclic) bond motifs is 1. The molecule has 4 rings (SSSR count). The zero-order chi connectivity index (χ0) is 22.5. The zero-order valence-corrected chi connectivity index (χ0v) is 21.1. The molecule has 1 aliphatic carbocycles. The standard InChI is InChI=1S/C24H33N5OS2/c1-5-11-29(20-9-7-18-8-10-21(30-4)15-19(18)14-20)12-6-13-31-24-27-26-23(28(24)3)22-17(2)25-16-32-22/h8,10,15-16,20H,5-7,9,11-14H2,1-4H3. The molecule has 6 nitrogen and oxygen atoms in total. The van der Waals surface area contributed by atoms with Gasteiger partial charge in [-0.15, -0.1) is 21.5 Å². The van der Waals surface area contributed by atoms with Crippen molar-refractivity contribution in [1.29, 1.82) is 0 Å². The van der Waals surface area contributed by atoms with Gasteiger partial charge in [-0.1, -0.05) is 24.8 Å². The summed E-state index contributed by atoms with van der Waals surface area (Å²) >= 11 is 3.42. The first-order valence-corrected chi connectivity index (χ1v) is 13.3.